The predicted octanol–water partition coefficient (Wildman–Crippen LogP) is 3.85. The van der Waals surface area contributed by atoms with Gasteiger partial charge >= 0.3 is 18.0 Å². The first-order valence-corrected chi connectivity index (χ1v) is 10.8. The number of nitrogens with zero attached hydrogens (tertiary/aromatic N) is 4. The Bertz CT molecular complexity index is 1270. The molecule has 2 aromatic carbocycles. The fourth-order valence-electron chi connectivity index (χ4n) is 3.64. The molecule has 36 heavy (non-hydrogen) atoms. The van der Waals surface area contributed by atoms with E-state index in [2.05, 4.69) is 26.2 Å². The number of allylic oxidation sites excluding steroid dienone is 2. The van der Waals surface area contributed by atoms with E-state index in [1.54, 1.807) is 25.3 Å². The third-order valence-corrected chi connectivity index (χ3v) is 5.39. The van der Waals surface area contributed by atoms with Crippen LogP contribution in [0.15, 0.2) is 82.2 Å². The zero-order valence-electron chi connectivity index (χ0n) is 18.9. The first kappa shape index (κ1) is 24.6. The molecule has 0 bridgehead atoms. The molecule has 1 aliphatic heterocycles. The van der Waals surface area contributed by atoms with Gasteiger partial charge in [-0.3, -0.25) is 14.6 Å². The van der Waals surface area contributed by atoms with Crippen molar-refractivity contribution in [3.63, 3.8) is 0 Å². The Hall–Kier alpha value is -4.48. The van der Waals surface area contributed by atoms with Crippen molar-refractivity contribution in [2.45, 2.75) is 24.8 Å². The number of halogens is 3. The lowest BCUT2D eigenvalue weighted by molar-refractivity contribution is -0.137. The van der Waals surface area contributed by atoms with E-state index in [9.17, 15) is 22.8 Å². The van der Waals surface area contributed by atoms with Crippen LogP contribution < -0.4 is 15.5 Å². The number of nitrogens with one attached hydrogen (secondary N) is 2. The van der Waals surface area contributed by atoms with Crippen LogP contribution in [0.5, 0.6) is 5.75 Å². The summed E-state index contributed by atoms with van der Waals surface area (Å²) in [6.45, 7) is 0.416. The largest absolute Gasteiger partial charge is 0.496 e. The minimum Gasteiger partial charge on any atom is -0.496 e. The summed E-state index contributed by atoms with van der Waals surface area (Å²) in [5, 5.41) is 16.2. The number of benzene rings is 2. The Balaban J connectivity index is 1.37. The average Bonchev–Trinajstić information content (AvgIpc) is 3.26. The molecule has 0 radical (unpaired) electrons. The number of carbonyl (C=O) groups excluding carboxylic acids is 2. The third kappa shape index (κ3) is 5.77. The van der Waals surface area contributed by atoms with Gasteiger partial charge in [-0.25, -0.2) is 5.43 Å². The highest BCUT2D eigenvalue weighted by molar-refractivity contribution is 6.39. The van der Waals surface area contributed by atoms with Gasteiger partial charge in [0.15, 0.2) is 0 Å². The standard InChI is InChI=1S/C24H21F3N6O3/c1-36-21-10-9-15(11-16(21)14-33-20-8-3-2-7-19(20)30-32-33)13-28-31-23(35)22(34)29-18-6-4-5-17(12-18)24(25,26)27/h2-13,19-20H,14H2,1H3,(H,29,34)(H,31,35)/b28-13+. The lowest BCUT2D eigenvalue weighted by Crippen LogP contribution is -2.32. The third-order valence-electron chi connectivity index (χ3n) is 5.39. The molecule has 2 atom stereocenters. The normalized spacial score (nSPS) is 18.4. The maximum atomic E-state index is 12.8. The van der Waals surface area contributed by atoms with Gasteiger partial charge in [0.1, 0.15) is 11.8 Å². The second kappa shape index (κ2) is 10.4. The first-order chi connectivity index (χ1) is 17.2. The number of anilines is 1. The van der Waals surface area contributed by atoms with Crippen LogP contribution in [0.4, 0.5) is 18.9 Å². The number of amides is 2. The number of alkyl halides is 3. The van der Waals surface area contributed by atoms with Crippen molar-refractivity contribution in [2.75, 3.05) is 12.4 Å². The fraction of sp³-hybridized carbons (Fsp3) is 0.208. The summed E-state index contributed by atoms with van der Waals surface area (Å²) >= 11 is 0. The van der Waals surface area contributed by atoms with Crippen LogP contribution in [0.2, 0.25) is 0 Å². The molecule has 9 nitrogen and oxygen atoms in total. The highest BCUT2D eigenvalue weighted by atomic mass is 19.4. The van der Waals surface area contributed by atoms with Gasteiger partial charge in [0.25, 0.3) is 0 Å². The molecule has 2 amide bonds. The number of ether oxygens (including phenoxy) is 1. The summed E-state index contributed by atoms with van der Waals surface area (Å²) in [5.74, 6) is -1.67. The molecule has 2 unspecified atom stereocenters. The van der Waals surface area contributed by atoms with Crippen molar-refractivity contribution in [2.24, 2.45) is 15.4 Å². The van der Waals surface area contributed by atoms with Crippen molar-refractivity contribution < 1.29 is 27.5 Å². The number of rotatable bonds is 6. The molecule has 186 valence electrons. The zero-order valence-corrected chi connectivity index (χ0v) is 18.9. The van der Waals surface area contributed by atoms with Gasteiger partial charge in [0, 0.05) is 11.3 Å². The second-order valence-electron chi connectivity index (χ2n) is 7.86. The number of fused-ring (bicyclic) bond motifs is 1. The first-order valence-electron chi connectivity index (χ1n) is 10.8. The lowest BCUT2D eigenvalue weighted by atomic mass is 10.0. The molecule has 0 aromatic heterocycles. The van der Waals surface area contributed by atoms with Gasteiger partial charge in [0.05, 0.1) is 31.5 Å². The summed E-state index contributed by atoms with van der Waals surface area (Å²) < 4.78 is 43.9. The van der Waals surface area contributed by atoms with Gasteiger partial charge in [-0.2, -0.15) is 23.4 Å². The summed E-state index contributed by atoms with van der Waals surface area (Å²) in [6.07, 6.45) is 4.61. The molecule has 1 heterocycles. The Labute approximate surface area is 204 Å². The van der Waals surface area contributed by atoms with Crippen LogP contribution in [-0.2, 0) is 22.3 Å². The van der Waals surface area contributed by atoms with Crippen molar-refractivity contribution in [3.05, 3.63) is 83.5 Å². The van der Waals surface area contributed by atoms with E-state index in [1.165, 1.54) is 12.3 Å². The van der Waals surface area contributed by atoms with E-state index in [0.29, 0.717) is 17.9 Å². The van der Waals surface area contributed by atoms with E-state index < -0.39 is 23.6 Å². The van der Waals surface area contributed by atoms with E-state index in [-0.39, 0.29) is 17.8 Å². The van der Waals surface area contributed by atoms with E-state index in [1.807, 2.05) is 29.3 Å². The zero-order chi connectivity index (χ0) is 25.7. The minimum atomic E-state index is -4.58. The predicted molar refractivity (Wildman–Crippen MR) is 125 cm³/mol. The summed E-state index contributed by atoms with van der Waals surface area (Å²) in [4.78, 5) is 24.1. The molecule has 0 fully saturated rings. The van der Waals surface area contributed by atoms with Crippen molar-refractivity contribution in [1.29, 1.82) is 0 Å². The van der Waals surface area contributed by atoms with Gasteiger partial charge in [-0.05, 0) is 42.0 Å². The van der Waals surface area contributed by atoms with E-state index in [0.717, 1.165) is 23.8 Å². The summed E-state index contributed by atoms with van der Waals surface area (Å²) in [6, 6.07) is 9.16. The molecule has 2 N–H and O–H groups in total. The van der Waals surface area contributed by atoms with Crippen LogP contribution in [0.1, 0.15) is 16.7 Å². The maximum Gasteiger partial charge on any atom is 0.416 e. The molecule has 2 aromatic rings. The molecule has 0 spiro atoms. The van der Waals surface area contributed by atoms with Crippen molar-refractivity contribution in [3.8, 4) is 5.75 Å². The van der Waals surface area contributed by atoms with Crippen molar-refractivity contribution >= 4 is 23.7 Å². The number of hydrazone groups is 1. The van der Waals surface area contributed by atoms with E-state index >= 15 is 0 Å². The second-order valence-corrected chi connectivity index (χ2v) is 7.86. The molecule has 12 heteroatoms. The molecule has 0 saturated carbocycles. The monoisotopic (exact) mass is 498 g/mol. The van der Waals surface area contributed by atoms with Gasteiger partial charge in [-0.1, -0.05) is 35.6 Å². The van der Waals surface area contributed by atoms with Crippen molar-refractivity contribution in [1.82, 2.24) is 10.4 Å². The quantitative estimate of drug-likeness (QED) is 0.358. The molecule has 4 rings (SSSR count). The number of methoxy groups -OCH3 is 1. The molecular weight excluding hydrogens is 477 g/mol. The number of hydrogen-bond acceptors (Lipinski definition) is 7. The van der Waals surface area contributed by atoms with Gasteiger partial charge in [-0.15, -0.1) is 0 Å². The molecular formula is C24H21F3N6O3. The van der Waals surface area contributed by atoms with E-state index in [4.69, 9.17) is 4.74 Å². The number of carbonyl (C=O) groups is 2. The van der Waals surface area contributed by atoms with Crippen LogP contribution in [0, 0.1) is 0 Å². The van der Waals surface area contributed by atoms with Gasteiger partial charge < -0.3 is 10.1 Å². The summed E-state index contributed by atoms with van der Waals surface area (Å²) in [7, 11) is 1.55. The number of hydrogen-bond donors (Lipinski definition) is 2. The van der Waals surface area contributed by atoms with Gasteiger partial charge in [0.2, 0.25) is 0 Å². The Kier molecular flexibility index (Phi) is 7.13. The fourth-order valence-corrected chi connectivity index (χ4v) is 3.64. The Morgan fingerprint density at radius 2 is 1.94 bits per heavy atom. The maximum absolute atomic E-state index is 12.8. The highest BCUT2D eigenvalue weighted by Gasteiger charge is 2.31. The van der Waals surface area contributed by atoms with Crippen LogP contribution in [-0.4, -0.2) is 42.2 Å². The average molecular weight is 498 g/mol. The Morgan fingerprint density at radius 1 is 1.14 bits per heavy atom. The SMILES string of the molecule is COc1ccc(/C=N/NC(=O)C(=O)Nc2cccc(C(F)(F)F)c2)cc1CN1N=NC2C=CC=CC21. The smallest absolute Gasteiger partial charge is 0.416 e. The molecule has 1 aliphatic carbocycles. The molecule has 2 aliphatic rings. The minimum absolute atomic E-state index is 0.00616. The Morgan fingerprint density at radius 3 is 2.72 bits per heavy atom. The lowest BCUT2D eigenvalue weighted by Gasteiger charge is -2.24. The molecule has 0 saturated heterocycles. The van der Waals surface area contributed by atoms with Crippen LogP contribution >= 0.6 is 0 Å². The van der Waals surface area contributed by atoms with Crippen LogP contribution in [0.25, 0.3) is 0 Å². The van der Waals surface area contributed by atoms with Crippen LogP contribution in [0.3, 0.4) is 0 Å². The summed E-state index contributed by atoms with van der Waals surface area (Å²) in [5.41, 5.74) is 2.35. The topological polar surface area (TPSA) is 108 Å². The highest BCUT2D eigenvalue weighted by Crippen LogP contribution is 2.31.